The molecule has 0 aliphatic heterocycles. The number of aromatic nitrogens is 5. The van der Waals surface area contributed by atoms with Crippen LogP contribution in [0.3, 0.4) is 0 Å². The monoisotopic (exact) mass is 248 g/mol. The van der Waals surface area contributed by atoms with E-state index < -0.39 is 0 Å². The zero-order valence-electron chi connectivity index (χ0n) is 10.6. The predicted octanol–water partition coefficient (Wildman–Crippen LogP) is 1.12. The van der Waals surface area contributed by atoms with E-state index in [0.29, 0.717) is 11.6 Å². The first kappa shape index (κ1) is 12.3. The van der Waals surface area contributed by atoms with Crippen molar-refractivity contribution in [3.05, 3.63) is 34.9 Å². The average molecular weight is 248 g/mol. The normalized spacial score (nSPS) is 12.7. The standard InChI is InChI=1S/C11H16N6O/c1-7(2)17-5-4-12-10(11(17)18)15-8(3)9-13-6-14-16-9/h4-8H,1-3H3,(H,12,15)(H,13,14,16). The largest absolute Gasteiger partial charge is 0.356 e. The number of hydrogen-bond donors (Lipinski definition) is 2. The van der Waals surface area contributed by atoms with Crippen LogP contribution in [0, 0.1) is 0 Å². The van der Waals surface area contributed by atoms with Crippen molar-refractivity contribution in [2.24, 2.45) is 0 Å². The fourth-order valence-corrected chi connectivity index (χ4v) is 1.63. The molecule has 2 heterocycles. The van der Waals surface area contributed by atoms with Crippen LogP contribution in [0.15, 0.2) is 23.5 Å². The number of nitrogens with one attached hydrogen (secondary N) is 2. The van der Waals surface area contributed by atoms with E-state index in [0.717, 1.165) is 0 Å². The first-order valence-corrected chi connectivity index (χ1v) is 5.78. The van der Waals surface area contributed by atoms with Crippen LogP contribution in [0.4, 0.5) is 5.82 Å². The van der Waals surface area contributed by atoms with E-state index in [1.54, 1.807) is 17.0 Å². The molecule has 0 aliphatic rings. The molecule has 2 N–H and O–H groups in total. The Kier molecular flexibility index (Phi) is 3.40. The van der Waals surface area contributed by atoms with Crippen LogP contribution in [-0.4, -0.2) is 24.7 Å². The van der Waals surface area contributed by atoms with Gasteiger partial charge in [0.05, 0.1) is 6.04 Å². The highest BCUT2D eigenvalue weighted by Crippen LogP contribution is 2.10. The SMILES string of the molecule is CC(Nc1nccn(C(C)C)c1=O)c1ncn[nH]1. The second-order valence-electron chi connectivity index (χ2n) is 4.32. The van der Waals surface area contributed by atoms with E-state index in [1.807, 2.05) is 20.8 Å². The van der Waals surface area contributed by atoms with Crippen LogP contribution in [0.25, 0.3) is 0 Å². The topological polar surface area (TPSA) is 88.5 Å². The van der Waals surface area contributed by atoms with Crippen LogP contribution in [-0.2, 0) is 0 Å². The minimum Gasteiger partial charge on any atom is -0.356 e. The molecule has 0 fully saturated rings. The molecule has 0 aromatic carbocycles. The van der Waals surface area contributed by atoms with E-state index in [4.69, 9.17) is 0 Å². The van der Waals surface area contributed by atoms with Gasteiger partial charge in [-0.3, -0.25) is 9.89 Å². The Morgan fingerprint density at radius 1 is 1.33 bits per heavy atom. The van der Waals surface area contributed by atoms with Crippen molar-refractivity contribution in [3.63, 3.8) is 0 Å². The van der Waals surface area contributed by atoms with Crippen molar-refractivity contribution in [2.75, 3.05) is 5.32 Å². The molecule has 0 radical (unpaired) electrons. The van der Waals surface area contributed by atoms with Crippen molar-refractivity contribution >= 4 is 5.82 Å². The van der Waals surface area contributed by atoms with Gasteiger partial charge in [0, 0.05) is 18.4 Å². The fraction of sp³-hybridized carbons (Fsp3) is 0.455. The number of hydrogen-bond acceptors (Lipinski definition) is 5. The van der Waals surface area contributed by atoms with E-state index >= 15 is 0 Å². The Bertz CT molecular complexity index is 559. The summed E-state index contributed by atoms with van der Waals surface area (Å²) in [5.74, 6) is 0.978. The minimum atomic E-state index is -0.157. The maximum absolute atomic E-state index is 12.1. The molecule has 1 atom stereocenters. The van der Waals surface area contributed by atoms with Gasteiger partial charge in [0.1, 0.15) is 12.2 Å². The van der Waals surface area contributed by atoms with Gasteiger partial charge in [-0.05, 0) is 20.8 Å². The second kappa shape index (κ2) is 4.99. The third-order valence-corrected chi connectivity index (χ3v) is 2.62. The number of H-pyrrole nitrogens is 1. The smallest absolute Gasteiger partial charge is 0.293 e. The molecule has 0 aliphatic carbocycles. The summed E-state index contributed by atoms with van der Waals surface area (Å²) in [5, 5.41) is 9.56. The van der Waals surface area contributed by atoms with E-state index in [9.17, 15) is 4.79 Å². The molecular formula is C11H16N6O. The molecule has 0 amide bonds. The van der Waals surface area contributed by atoms with Crippen LogP contribution >= 0.6 is 0 Å². The van der Waals surface area contributed by atoms with Crippen molar-refractivity contribution in [2.45, 2.75) is 32.9 Å². The number of aromatic amines is 1. The van der Waals surface area contributed by atoms with Gasteiger partial charge < -0.3 is 9.88 Å². The maximum atomic E-state index is 12.1. The third-order valence-electron chi connectivity index (χ3n) is 2.62. The Balaban J connectivity index is 2.25. The maximum Gasteiger partial charge on any atom is 0.293 e. The minimum absolute atomic E-state index is 0.0987. The van der Waals surface area contributed by atoms with Crippen molar-refractivity contribution in [1.82, 2.24) is 24.7 Å². The molecule has 2 aromatic heterocycles. The van der Waals surface area contributed by atoms with Crippen LogP contribution in [0.2, 0.25) is 0 Å². The Labute approximate surface area is 104 Å². The molecule has 96 valence electrons. The zero-order chi connectivity index (χ0) is 13.1. The quantitative estimate of drug-likeness (QED) is 0.846. The molecule has 0 bridgehead atoms. The second-order valence-corrected chi connectivity index (χ2v) is 4.32. The molecule has 18 heavy (non-hydrogen) atoms. The third kappa shape index (κ3) is 2.39. The van der Waals surface area contributed by atoms with E-state index in [1.165, 1.54) is 6.33 Å². The van der Waals surface area contributed by atoms with Crippen LogP contribution in [0.1, 0.15) is 38.7 Å². The summed E-state index contributed by atoms with van der Waals surface area (Å²) in [7, 11) is 0. The van der Waals surface area contributed by atoms with Crippen LogP contribution in [0.5, 0.6) is 0 Å². The highest BCUT2D eigenvalue weighted by Gasteiger charge is 2.12. The molecular weight excluding hydrogens is 232 g/mol. The molecule has 7 nitrogen and oxygen atoms in total. The summed E-state index contributed by atoms with van der Waals surface area (Å²) in [6, 6.07) is -0.0580. The summed E-state index contributed by atoms with van der Waals surface area (Å²) in [4.78, 5) is 20.2. The Morgan fingerprint density at radius 2 is 2.11 bits per heavy atom. The van der Waals surface area contributed by atoms with E-state index in [-0.39, 0.29) is 17.6 Å². The van der Waals surface area contributed by atoms with Gasteiger partial charge >= 0.3 is 0 Å². The molecule has 7 heteroatoms. The van der Waals surface area contributed by atoms with Gasteiger partial charge in [-0.1, -0.05) is 0 Å². The van der Waals surface area contributed by atoms with Gasteiger partial charge in [0.25, 0.3) is 5.56 Å². The lowest BCUT2D eigenvalue weighted by molar-refractivity contribution is 0.574. The van der Waals surface area contributed by atoms with Gasteiger partial charge in [0.15, 0.2) is 5.82 Å². The molecule has 0 saturated carbocycles. The Morgan fingerprint density at radius 3 is 2.72 bits per heavy atom. The lowest BCUT2D eigenvalue weighted by Crippen LogP contribution is -2.26. The summed E-state index contributed by atoms with van der Waals surface area (Å²) in [6.07, 6.45) is 4.71. The predicted molar refractivity (Wildman–Crippen MR) is 67.3 cm³/mol. The molecule has 1 unspecified atom stereocenters. The fourth-order valence-electron chi connectivity index (χ4n) is 1.63. The number of rotatable bonds is 4. The molecule has 0 saturated heterocycles. The highest BCUT2D eigenvalue weighted by atomic mass is 16.1. The average Bonchev–Trinajstić information content (AvgIpc) is 2.85. The Hall–Kier alpha value is -2.18. The van der Waals surface area contributed by atoms with Crippen molar-refractivity contribution in [1.29, 1.82) is 0 Å². The zero-order valence-corrected chi connectivity index (χ0v) is 10.6. The first-order chi connectivity index (χ1) is 8.59. The summed E-state index contributed by atoms with van der Waals surface area (Å²) in [6.45, 7) is 5.78. The molecule has 2 aromatic rings. The highest BCUT2D eigenvalue weighted by molar-refractivity contribution is 5.33. The summed E-state index contributed by atoms with van der Waals surface area (Å²) in [5.41, 5.74) is -0.140. The number of anilines is 1. The van der Waals surface area contributed by atoms with Crippen molar-refractivity contribution < 1.29 is 0 Å². The van der Waals surface area contributed by atoms with Gasteiger partial charge in [0.2, 0.25) is 0 Å². The van der Waals surface area contributed by atoms with Gasteiger partial charge in [-0.15, -0.1) is 0 Å². The van der Waals surface area contributed by atoms with E-state index in [2.05, 4.69) is 25.5 Å². The molecule has 2 rings (SSSR count). The molecule has 0 spiro atoms. The summed E-state index contributed by atoms with van der Waals surface area (Å²) >= 11 is 0. The van der Waals surface area contributed by atoms with Crippen molar-refractivity contribution in [3.8, 4) is 0 Å². The van der Waals surface area contributed by atoms with Gasteiger partial charge in [-0.25, -0.2) is 9.97 Å². The lowest BCUT2D eigenvalue weighted by atomic mass is 10.3. The number of nitrogens with zero attached hydrogens (tertiary/aromatic N) is 4. The lowest BCUT2D eigenvalue weighted by Gasteiger charge is -2.14. The summed E-state index contributed by atoms with van der Waals surface area (Å²) < 4.78 is 1.63. The van der Waals surface area contributed by atoms with Crippen LogP contribution < -0.4 is 10.9 Å². The van der Waals surface area contributed by atoms with Gasteiger partial charge in [-0.2, -0.15) is 5.10 Å². The first-order valence-electron chi connectivity index (χ1n) is 5.78.